The molecule has 1 saturated heterocycles. The minimum Gasteiger partial charge on any atom is -0.507 e. The van der Waals surface area contributed by atoms with Gasteiger partial charge in [0.25, 0.3) is 11.7 Å². The minimum atomic E-state index is -0.691. The summed E-state index contributed by atoms with van der Waals surface area (Å²) in [4.78, 5) is 29.9. The van der Waals surface area contributed by atoms with Gasteiger partial charge in [-0.25, -0.2) is 0 Å². The molecular weight excluding hydrogens is 428 g/mol. The summed E-state index contributed by atoms with van der Waals surface area (Å²) in [6.45, 7) is 9.07. The minimum absolute atomic E-state index is 0.0746. The SMILES string of the molecule is CCOc1cc(/C(O)=C2/C(=O)C(=O)N(CCN(CC)CC)C2c2ccccc2)ccc1Cl. The number of nitrogens with zero attached hydrogens (tertiary/aromatic N) is 2. The highest BCUT2D eigenvalue weighted by atomic mass is 35.5. The van der Waals surface area contributed by atoms with Gasteiger partial charge in [-0.1, -0.05) is 55.8 Å². The molecular formula is C25H29ClN2O4. The highest BCUT2D eigenvalue weighted by Crippen LogP contribution is 2.40. The molecule has 7 heteroatoms. The van der Waals surface area contributed by atoms with Crippen LogP contribution in [0, 0.1) is 0 Å². The van der Waals surface area contributed by atoms with Crippen molar-refractivity contribution in [2.75, 3.05) is 32.8 Å². The van der Waals surface area contributed by atoms with Crippen molar-refractivity contribution in [2.24, 2.45) is 0 Å². The third-order valence-corrected chi connectivity index (χ3v) is 6.02. The molecule has 1 aliphatic rings. The Morgan fingerprint density at radius 1 is 1.09 bits per heavy atom. The van der Waals surface area contributed by atoms with Crippen molar-refractivity contribution in [3.05, 3.63) is 70.3 Å². The summed E-state index contributed by atoms with van der Waals surface area (Å²) in [6, 6.07) is 13.5. The van der Waals surface area contributed by atoms with Gasteiger partial charge in [-0.3, -0.25) is 9.59 Å². The van der Waals surface area contributed by atoms with Crippen molar-refractivity contribution in [3.63, 3.8) is 0 Å². The van der Waals surface area contributed by atoms with E-state index < -0.39 is 17.7 Å². The highest BCUT2D eigenvalue weighted by Gasteiger charge is 2.45. The highest BCUT2D eigenvalue weighted by molar-refractivity contribution is 6.46. The number of aliphatic hydroxyl groups excluding tert-OH is 1. The van der Waals surface area contributed by atoms with E-state index in [0.29, 0.717) is 36.0 Å². The lowest BCUT2D eigenvalue weighted by Crippen LogP contribution is -2.38. The Bertz CT molecular complexity index is 1000. The van der Waals surface area contributed by atoms with Gasteiger partial charge < -0.3 is 19.6 Å². The van der Waals surface area contributed by atoms with Gasteiger partial charge in [0.2, 0.25) is 0 Å². The maximum Gasteiger partial charge on any atom is 0.295 e. The summed E-state index contributed by atoms with van der Waals surface area (Å²) in [5, 5.41) is 11.6. The van der Waals surface area contributed by atoms with Crippen molar-refractivity contribution in [1.29, 1.82) is 0 Å². The van der Waals surface area contributed by atoms with Crippen LogP contribution in [-0.2, 0) is 9.59 Å². The van der Waals surface area contributed by atoms with Crippen molar-refractivity contribution in [2.45, 2.75) is 26.8 Å². The number of Topliss-reactive ketones (excluding diaryl/α,β-unsaturated/α-hetero) is 1. The van der Waals surface area contributed by atoms with Gasteiger partial charge in [-0.15, -0.1) is 0 Å². The maximum absolute atomic E-state index is 13.1. The van der Waals surface area contributed by atoms with E-state index in [1.165, 1.54) is 0 Å². The quantitative estimate of drug-likeness (QED) is 0.341. The Morgan fingerprint density at radius 2 is 1.78 bits per heavy atom. The third-order valence-electron chi connectivity index (χ3n) is 5.71. The number of amides is 1. The molecule has 0 bridgehead atoms. The number of hydrogen-bond donors (Lipinski definition) is 1. The van der Waals surface area contributed by atoms with Crippen molar-refractivity contribution in [1.82, 2.24) is 9.80 Å². The lowest BCUT2D eigenvalue weighted by atomic mass is 9.95. The summed E-state index contributed by atoms with van der Waals surface area (Å²) >= 11 is 6.18. The molecule has 170 valence electrons. The zero-order chi connectivity index (χ0) is 23.3. The van der Waals surface area contributed by atoms with Gasteiger partial charge in [0.15, 0.2) is 0 Å². The van der Waals surface area contributed by atoms with E-state index in [0.717, 1.165) is 18.7 Å². The van der Waals surface area contributed by atoms with Gasteiger partial charge in [0.1, 0.15) is 11.5 Å². The summed E-state index contributed by atoms with van der Waals surface area (Å²) in [5.74, 6) is -1.12. The van der Waals surface area contributed by atoms with Crippen LogP contribution in [0.15, 0.2) is 54.1 Å². The average Bonchev–Trinajstić information content (AvgIpc) is 3.06. The van der Waals surface area contributed by atoms with E-state index >= 15 is 0 Å². The molecule has 32 heavy (non-hydrogen) atoms. The second-order valence-corrected chi connectivity index (χ2v) is 7.92. The smallest absolute Gasteiger partial charge is 0.295 e. The van der Waals surface area contributed by atoms with E-state index in [-0.39, 0.29) is 11.3 Å². The second kappa shape index (κ2) is 10.7. The van der Waals surface area contributed by atoms with Crippen LogP contribution in [0.25, 0.3) is 5.76 Å². The average molecular weight is 457 g/mol. The topological polar surface area (TPSA) is 70.1 Å². The van der Waals surface area contributed by atoms with Crippen LogP contribution in [0.5, 0.6) is 5.75 Å². The predicted octanol–water partition coefficient (Wildman–Crippen LogP) is 4.50. The number of carbonyl (C=O) groups is 2. The van der Waals surface area contributed by atoms with E-state index in [1.807, 2.05) is 37.3 Å². The Hall–Kier alpha value is -2.83. The summed E-state index contributed by atoms with van der Waals surface area (Å²) in [6.07, 6.45) is 0. The van der Waals surface area contributed by atoms with Crippen LogP contribution in [0.4, 0.5) is 0 Å². The van der Waals surface area contributed by atoms with E-state index in [4.69, 9.17) is 16.3 Å². The van der Waals surface area contributed by atoms with Crippen molar-refractivity contribution in [3.8, 4) is 5.75 Å². The number of halogens is 1. The first-order valence-corrected chi connectivity index (χ1v) is 11.3. The number of ketones is 1. The van der Waals surface area contributed by atoms with Crippen LogP contribution in [-0.4, -0.2) is 59.4 Å². The summed E-state index contributed by atoms with van der Waals surface area (Å²) < 4.78 is 5.53. The zero-order valence-electron chi connectivity index (χ0n) is 18.7. The number of carbonyl (C=O) groups excluding carboxylic acids is 2. The largest absolute Gasteiger partial charge is 0.507 e. The number of likely N-dealkylation sites (N-methyl/N-ethyl adjacent to an activating group) is 1. The molecule has 2 aromatic rings. The first-order chi connectivity index (χ1) is 15.4. The lowest BCUT2D eigenvalue weighted by molar-refractivity contribution is -0.140. The Kier molecular flexibility index (Phi) is 7.94. The Labute approximate surface area is 194 Å². The molecule has 1 N–H and O–H groups in total. The fourth-order valence-electron chi connectivity index (χ4n) is 3.95. The fourth-order valence-corrected chi connectivity index (χ4v) is 4.13. The van der Waals surface area contributed by atoms with E-state index in [1.54, 1.807) is 23.1 Å². The lowest BCUT2D eigenvalue weighted by Gasteiger charge is -2.28. The zero-order valence-corrected chi connectivity index (χ0v) is 19.4. The molecule has 0 aromatic heterocycles. The number of aliphatic hydroxyl groups is 1. The van der Waals surface area contributed by atoms with Gasteiger partial charge >= 0.3 is 0 Å². The molecule has 1 aliphatic heterocycles. The van der Waals surface area contributed by atoms with Crippen LogP contribution in [0.1, 0.15) is 37.9 Å². The van der Waals surface area contributed by atoms with Gasteiger partial charge in [-0.05, 0) is 43.8 Å². The van der Waals surface area contributed by atoms with Crippen molar-refractivity contribution >= 4 is 29.1 Å². The number of benzene rings is 2. The van der Waals surface area contributed by atoms with Crippen LogP contribution in [0.2, 0.25) is 5.02 Å². The van der Waals surface area contributed by atoms with Crippen LogP contribution in [0.3, 0.4) is 0 Å². The second-order valence-electron chi connectivity index (χ2n) is 7.51. The molecule has 1 amide bonds. The molecule has 1 heterocycles. The molecule has 1 unspecified atom stereocenters. The normalized spacial score (nSPS) is 17.9. The van der Waals surface area contributed by atoms with Gasteiger partial charge in [0.05, 0.1) is 23.2 Å². The molecule has 6 nitrogen and oxygen atoms in total. The Morgan fingerprint density at radius 3 is 2.41 bits per heavy atom. The molecule has 0 saturated carbocycles. The number of rotatable bonds is 9. The first kappa shape index (κ1) is 23.8. The molecule has 3 rings (SSSR count). The Balaban J connectivity index is 2.09. The van der Waals surface area contributed by atoms with Crippen molar-refractivity contribution < 1.29 is 19.4 Å². The van der Waals surface area contributed by atoms with Gasteiger partial charge in [0, 0.05) is 18.7 Å². The standard InChI is InChI=1S/C25H29ClN2O4/c1-4-27(5-2)14-15-28-22(17-10-8-7-9-11-17)21(24(30)25(28)31)23(29)18-12-13-19(26)20(16-18)32-6-3/h7-13,16,22,29H,4-6,14-15H2,1-3H3/b23-21-. The molecule has 1 atom stereocenters. The molecule has 0 spiro atoms. The number of hydrogen-bond acceptors (Lipinski definition) is 5. The summed E-state index contributed by atoms with van der Waals surface area (Å²) in [7, 11) is 0. The number of ether oxygens (including phenoxy) is 1. The van der Waals surface area contributed by atoms with E-state index in [2.05, 4.69) is 18.7 Å². The molecule has 2 aromatic carbocycles. The first-order valence-electron chi connectivity index (χ1n) is 10.9. The third kappa shape index (κ3) is 4.81. The fraction of sp³-hybridized carbons (Fsp3) is 0.360. The van der Waals surface area contributed by atoms with Crippen LogP contribution >= 0.6 is 11.6 Å². The monoisotopic (exact) mass is 456 g/mol. The number of likely N-dealkylation sites (tertiary alicyclic amines) is 1. The van der Waals surface area contributed by atoms with E-state index in [9.17, 15) is 14.7 Å². The molecule has 1 fully saturated rings. The van der Waals surface area contributed by atoms with Crippen LogP contribution < -0.4 is 4.74 Å². The maximum atomic E-state index is 13.1. The predicted molar refractivity (Wildman–Crippen MR) is 126 cm³/mol. The summed E-state index contributed by atoms with van der Waals surface area (Å²) in [5.41, 5.74) is 1.22. The molecule has 0 aliphatic carbocycles. The molecule has 0 radical (unpaired) electrons. The van der Waals surface area contributed by atoms with Gasteiger partial charge in [-0.2, -0.15) is 0 Å².